The van der Waals surface area contributed by atoms with Gasteiger partial charge in [0.25, 0.3) is 0 Å². The summed E-state index contributed by atoms with van der Waals surface area (Å²) < 4.78 is 22.0. The van der Waals surface area contributed by atoms with Crippen LogP contribution >= 0.6 is 31.9 Å². The summed E-state index contributed by atoms with van der Waals surface area (Å²) in [6.45, 7) is 0.637. The lowest BCUT2D eigenvalue weighted by Crippen LogP contribution is -2.21. The van der Waals surface area contributed by atoms with Crippen LogP contribution in [0.3, 0.4) is 0 Å². The number of rotatable bonds is 9. The highest BCUT2D eigenvalue weighted by Gasteiger charge is 2.24. The highest BCUT2D eigenvalue weighted by Crippen LogP contribution is 2.37. The second-order valence-electron chi connectivity index (χ2n) is 7.29. The summed E-state index contributed by atoms with van der Waals surface area (Å²) in [4.78, 5) is 0. The maximum absolute atomic E-state index is 5.56. The monoisotopic (exact) mass is 510 g/mol. The molecule has 0 spiro atoms. The van der Waals surface area contributed by atoms with Gasteiger partial charge >= 0.3 is 0 Å². The first-order valence-corrected chi connectivity index (χ1v) is 11.9. The first kappa shape index (κ1) is 19.9. The van der Waals surface area contributed by atoms with Gasteiger partial charge in [0, 0.05) is 10.7 Å². The van der Waals surface area contributed by atoms with Gasteiger partial charge in [-0.25, -0.2) is 0 Å². The number of fused-ring (bicyclic) bond motifs is 2. The van der Waals surface area contributed by atoms with E-state index in [1.165, 1.54) is 24.0 Å². The molecule has 0 aliphatic carbocycles. The van der Waals surface area contributed by atoms with Crippen molar-refractivity contribution < 1.29 is 18.9 Å². The number of ether oxygens (including phenoxy) is 4. The maximum atomic E-state index is 5.56. The molecule has 0 aromatic heterocycles. The Morgan fingerprint density at radius 3 is 1.79 bits per heavy atom. The fourth-order valence-corrected chi connectivity index (χ4v) is 5.01. The summed E-state index contributed by atoms with van der Waals surface area (Å²) in [6, 6.07) is 12.6. The summed E-state index contributed by atoms with van der Waals surface area (Å²) >= 11 is 7.38. The van der Waals surface area contributed by atoms with Gasteiger partial charge in [-0.2, -0.15) is 0 Å². The van der Waals surface area contributed by atoms with Gasteiger partial charge in [-0.3, -0.25) is 0 Å². The first-order valence-electron chi connectivity index (χ1n) is 9.66. The summed E-state index contributed by atoms with van der Waals surface area (Å²) in [5.74, 6) is 4.52. The minimum absolute atomic E-state index is 0.318. The third-order valence-electron chi connectivity index (χ3n) is 5.44. The molecule has 0 fully saturated rings. The number of halogens is 2. The van der Waals surface area contributed by atoms with Crippen molar-refractivity contribution in [2.45, 2.75) is 25.7 Å². The van der Waals surface area contributed by atoms with Gasteiger partial charge in [-0.1, -0.05) is 44.0 Å². The lowest BCUT2D eigenvalue weighted by molar-refractivity contribution is 0.173. The Hall–Kier alpha value is -1.40. The van der Waals surface area contributed by atoms with Gasteiger partial charge in [0.05, 0.1) is 0 Å². The Balaban J connectivity index is 1.49. The van der Waals surface area contributed by atoms with Crippen molar-refractivity contribution in [2.75, 3.05) is 24.2 Å². The molecular formula is C22H24Br2O4. The average Bonchev–Trinajstić information content (AvgIpc) is 3.37. The van der Waals surface area contributed by atoms with E-state index in [1.807, 2.05) is 12.1 Å². The molecule has 28 heavy (non-hydrogen) atoms. The van der Waals surface area contributed by atoms with E-state index in [2.05, 4.69) is 56.1 Å². The minimum atomic E-state index is 0.318. The molecule has 0 saturated heterocycles. The van der Waals surface area contributed by atoms with E-state index in [1.54, 1.807) is 0 Å². The van der Waals surface area contributed by atoms with Crippen LogP contribution in [0.2, 0.25) is 0 Å². The zero-order valence-corrected chi connectivity index (χ0v) is 18.8. The molecule has 0 unspecified atom stereocenters. The molecule has 2 aromatic rings. The van der Waals surface area contributed by atoms with Crippen molar-refractivity contribution in [1.82, 2.24) is 0 Å². The van der Waals surface area contributed by atoms with Crippen LogP contribution in [-0.2, 0) is 12.8 Å². The van der Waals surface area contributed by atoms with E-state index in [-0.39, 0.29) is 0 Å². The summed E-state index contributed by atoms with van der Waals surface area (Å²) in [5, 5.41) is 2.00. The van der Waals surface area contributed by atoms with Crippen LogP contribution in [0.15, 0.2) is 36.4 Å². The first-order chi connectivity index (χ1) is 13.8. The van der Waals surface area contributed by atoms with Crippen molar-refractivity contribution in [1.29, 1.82) is 0 Å². The SMILES string of the molecule is BrCCC[C@@H](Cc1ccc2c(c1)OCO2)[C@@H](CBr)Cc1ccc2c(c1)OCO2. The number of alkyl halides is 2. The molecule has 2 aliphatic heterocycles. The second kappa shape index (κ2) is 9.40. The van der Waals surface area contributed by atoms with Crippen LogP contribution < -0.4 is 18.9 Å². The summed E-state index contributed by atoms with van der Waals surface area (Å²) in [6.07, 6.45) is 4.39. The van der Waals surface area contributed by atoms with E-state index >= 15 is 0 Å². The van der Waals surface area contributed by atoms with Crippen LogP contribution in [0, 0.1) is 11.8 Å². The van der Waals surface area contributed by atoms with Gasteiger partial charge in [0.1, 0.15) is 0 Å². The molecule has 0 bridgehead atoms. The van der Waals surface area contributed by atoms with Crippen LogP contribution in [0.1, 0.15) is 24.0 Å². The fourth-order valence-electron chi connectivity index (χ4n) is 3.93. The van der Waals surface area contributed by atoms with E-state index in [0.717, 1.165) is 46.5 Å². The van der Waals surface area contributed by atoms with Crippen LogP contribution in [0.25, 0.3) is 0 Å². The lowest BCUT2D eigenvalue weighted by Gasteiger charge is -2.26. The van der Waals surface area contributed by atoms with Crippen molar-refractivity contribution in [2.24, 2.45) is 11.8 Å². The number of benzene rings is 2. The van der Waals surface area contributed by atoms with Crippen LogP contribution in [0.5, 0.6) is 23.0 Å². The van der Waals surface area contributed by atoms with Crippen molar-refractivity contribution >= 4 is 31.9 Å². The van der Waals surface area contributed by atoms with Crippen molar-refractivity contribution in [3.63, 3.8) is 0 Å². The quantitative estimate of drug-likeness (QED) is 0.403. The molecule has 2 atom stereocenters. The van der Waals surface area contributed by atoms with Gasteiger partial charge < -0.3 is 18.9 Å². The Morgan fingerprint density at radius 1 is 0.714 bits per heavy atom. The summed E-state index contributed by atoms with van der Waals surface area (Å²) in [5.41, 5.74) is 2.60. The molecule has 4 rings (SSSR count). The van der Waals surface area contributed by atoms with E-state index in [0.29, 0.717) is 25.4 Å². The number of hydrogen-bond acceptors (Lipinski definition) is 4. The van der Waals surface area contributed by atoms with Gasteiger partial charge in [-0.05, 0) is 72.9 Å². The van der Waals surface area contributed by atoms with Gasteiger partial charge in [0.2, 0.25) is 13.6 Å². The Kier molecular flexibility index (Phi) is 6.68. The van der Waals surface area contributed by atoms with E-state index in [4.69, 9.17) is 18.9 Å². The van der Waals surface area contributed by atoms with Crippen molar-refractivity contribution in [3.05, 3.63) is 47.5 Å². The molecule has 0 radical (unpaired) electrons. The smallest absolute Gasteiger partial charge is 0.231 e. The largest absolute Gasteiger partial charge is 0.454 e. The zero-order chi connectivity index (χ0) is 19.3. The van der Waals surface area contributed by atoms with Gasteiger partial charge in [-0.15, -0.1) is 0 Å². The van der Waals surface area contributed by atoms with Crippen LogP contribution in [-0.4, -0.2) is 24.2 Å². The predicted octanol–water partition coefficient (Wildman–Crippen LogP) is 5.73. The molecule has 4 nitrogen and oxygen atoms in total. The predicted molar refractivity (Wildman–Crippen MR) is 116 cm³/mol. The average molecular weight is 512 g/mol. The molecule has 6 heteroatoms. The van der Waals surface area contributed by atoms with Crippen molar-refractivity contribution in [3.8, 4) is 23.0 Å². The third-order valence-corrected chi connectivity index (χ3v) is 6.84. The third kappa shape index (κ3) is 4.60. The standard InChI is InChI=1S/C22H24Br2O4/c23-7-1-2-17(8-15-3-5-19-21(10-15)27-13-25-19)18(12-24)9-16-4-6-20-22(11-16)28-14-26-20/h3-6,10-11,17-18H,1-2,7-9,12-14H2/t17-,18+/m0/s1. The molecule has 2 aliphatic rings. The second-order valence-corrected chi connectivity index (χ2v) is 8.73. The highest BCUT2D eigenvalue weighted by atomic mass is 79.9. The molecule has 2 heterocycles. The van der Waals surface area contributed by atoms with Crippen LogP contribution in [0.4, 0.5) is 0 Å². The molecule has 0 N–H and O–H groups in total. The molecule has 0 amide bonds. The van der Waals surface area contributed by atoms with E-state index in [9.17, 15) is 0 Å². The Labute approximate surface area is 182 Å². The molecule has 150 valence electrons. The number of hydrogen-bond donors (Lipinski definition) is 0. The highest BCUT2D eigenvalue weighted by molar-refractivity contribution is 9.09. The molecular weight excluding hydrogens is 488 g/mol. The molecule has 0 saturated carbocycles. The minimum Gasteiger partial charge on any atom is -0.454 e. The summed E-state index contributed by atoms with van der Waals surface area (Å²) in [7, 11) is 0. The molecule has 2 aromatic carbocycles. The topological polar surface area (TPSA) is 36.9 Å². The zero-order valence-electron chi connectivity index (χ0n) is 15.7. The Morgan fingerprint density at radius 2 is 1.25 bits per heavy atom. The van der Waals surface area contributed by atoms with E-state index < -0.39 is 0 Å². The lowest BCUT2D eigenvalue weighted by atomic mass is 9.81. The normalized spacial score (nSPS) is 16.2. The van der Waals surface area contributed by atoms with Gasteiger partial charge in [0.15, 0.2) is 23.0 Å². The Bertz CT molecular complexity index is 811. The maximum Gasteiger partial charge on any atom is 0.231 e. The fraction of sp³-hybridized carbons (Fsp3) is 0.455.